The lowest BCUT2D eigenvalue weighted by Gasteiger charge is -2.20. The van der Waals surface area contributed by atoms with Crippen LogP contribution in [0, 0.1) is 5.92 Å². The molecule has 0 spiro atoms. The highest BCUT2D eigenvalue weighted by Gasteiger charge is 2.18. The molecule has 90 valence electrons. The van der Waals surface area contributed by atoms with Crippen LogP contribution < -0.4 is 4.74 Å². The van der Waals surface area contributed by atoms with Gasteiger partial charge in [-0.3, -0.25) is 0 Å². The summed E-state index contributed by atoms with van der Waals surface area (Å²) in [6, 6.07) is 5.69. The smallest absolute Gasteiger partial charge is 0.161 e. The number of aromatic hydroxyl groups is 1. The number of halogens is 1. The number of para-hydroxylation sites is 1. The Hall–Kier alpha value is -0.700. The van der Waals surface area contributed by atoms with Gasteiger partial charge in [-0.1, -0.05) is 41.9 Å². The SMILES string of the molecule is CCOc1cccc(C(C)C(C)CBr)c1O. The summed E-state index contributed by atoms with van der Waals surface area (Å²) in [5, 5.41) is 11.0. The van der Waals surface area contributed by atoms with Gasteiger partial charge < -0.3 is 9.84 Å². The lowest BCUT2D eigenvalue weighted by molar-refractivity contribution is 0.314. The molecule has 2 nitrogen and oxygen atoms in total. The standard InChI is InChI=1S/C13H19BrO2/c1-4-16-12-7-5-6-11(13(12)15)10(3)9(2)8-14/h5-7,9-10,15H,4,8H2,1-3H3. The van der Waals surface area contributed by atoms with Gasteiger partial charge in [-0.25, -0.2) is 0 Å². The molecular formula is C13H19BrO2. The van der Waals surface area contributed by atoms with E-state index in [4.69, 9.17) is 4.74 Å². The van der Waals surface area contributed by atoms with Crippen LogP contribution in [0.15, 0.2) is 18.2 Å². The number of phenols is 1. The van der Waals surface area contributed by atoms with Crippen molar-refractivity contribution in [2.24, 2.45) is 5.92 Å². The predicted octanol–water partition coefficient (Wildman–Crippen LogP) is 3.93. The van der Waals surface area contributed by atoms with Crippen molar-refractivity contribution in [1.29, 1.82) is 0 Å². The highest BCUT2D eigenvalue weighted by atomic mass is 79.9. The second-order valence-electron chi connectivity index (χ2n) is 4.05. The molecule has 16 heavy (non-hydrogen) atoms. The fourth-order valence-corrected chi connectivity index (χ4v) is 2.18. The van der Waals surface area contributed by atoms with Gasteiger partial charge in [0.25, 0.3) is 0 Å². The third kappa shape index (κ3) is 2.91. The molecule has 1 N–H and O–H groups in total. The van der Waals surface area contributed by atoms with Gasteiger partial charge in [-0.15, -0.1) is 0 Å². The van der Waals surface area contributed by atoms with Crippen LogP contribution in [0.2, 0.25) is 0 Å². The number of rotatable bonds is 5. The van der Waals surface area contributed by atoms with Crippen molar-refractivity contribution < 1.29 is 9.84 Å². The molecular weight excluding hydrogens is 268 g/mol. The Morgan fingerprint density at radius 2 is 2.06 bits per heavy atom. The monoisotopic (exact) mass is 286 g/mol. The first kappa shape index (κ1) is 13.4. The Labute approximate surface area is 106 Å². The maximum Gasteiger partial charge on any atom is 0.161 e. The minimum absolute atomic E-state index is 0.282. The molecule has 2 atom stereocenters. The van der Waals surface area contributed by atoms with E-state index in [2.05, 4.69) is 29.8 Å². The average molecular weight is 287 g/mol. The highest BCUT2D eigenvalue weighted by molar-refractivity contribution is 9.09. The van der Waals surface area contributed by atoms with Crippen LogP contribution in [0.25, 0.3) is 0 Å². The van der Waals surface area contributed by atoms with E-state index in [-0.39, 0.29) is 5.75 Å². The van der Waals surface area contributed by atoms with E-state index in [1.165, 1.54) is 0 Å². The van der Waals surface area contributed by atoms with E-state index in [1.54, 1.807) is 6.07 Å². The summed E-state index contributed by atoms with van der Waals surface area (Å²) in [5.41, 5.74) is 0.956. The van der Waals surface area contributed by atoms with Crippen molar-refractivity contribution in [3.8, 4) is 11.5 Å². The largest absolute Gasteiger partial charge is 0.504 e. The van der Waals surface area contributed by atoms with E-state index >= 15 is 0 Å². The van der Waals surface area contributed by atoms with Gasteiger partial charge in [0.1, 0.15) is 0 Å². The van der Waals surface area contributed by atoms with Crippen LogP contribution in [0.4, 0.5) is 0 Å². The van der Waals surface area contributed by atoms with Gasteiger partial charge in [0.15, 0.2) is 11.5 Å². The summed E-state index contributed by atoms with van der Waals surface area (Å²) in [7, 11) is 0. The van der Waals surface area contributed by atoms with Gasteiger partial charge in [-0.05, 0) is 24.8 Å². The van der Waals surface area contributed by atoms with Crippen LogP contribution in [-0.4, -0.2) is 17.0 Å². The van der Waals surface area contributed by atoms with Crippen LogP contribution in [0.3, 0.4) is 0 Å². The fraction of sp³-hybridized carbons (Fsp3) is 0.538. The minimum Gasteiger partial charge on any atom is -0.504 e. The second kappa shape index (κ2) is 6.14. The third-order valence-corrected chi connectivity index (χ3v) is 3.94. The normalized spacial score (nSPS) is 14.5. The molecule has 0 radical (unpaired) electrons. The van der Waals surface area contributed by atoms with Crippen molar-refractivity contribution in [1.82, 2.24) is 0 Å². The van der Waals surface area contributed by atoms with Crippen molar-refractivity contribution in [3.63, 3.8) is 0 Å². The van der Waals surface area contributed by atoms with Crippen molar-refractivity contribution in [2.45, 2.75) is 26.7 Å². The van der Waals surface area contributed by atoms with Crippen molar-refractivity contribution in [3.05, 3.63) is 23.8 Å². The molecule has 0 aliphatic rings. The van der Waals surface area contributed by atoms with Gasteiger partial charge >= 0.3 is 0 Å². The molecule has 0 amide bonds. The predicted molar refractivity (Wildman–Crippen MR) is 70.6 cm³/mol. The van der Waals surface area contributed by atoms with Crippen molar-refractivity contribution >= 4 is 15.9 Å². The van der Waals surface area contributed by atoms with E-state index in [0.717, 1.165) is 10.9 Å². The van der Waals surface area contributed by atoms with E-state index in [0.29, 0.717) is 24.2 Å². The quantitative estimate of drug-likeness (QED) is 0.832. The molecule has 0 heterocycles. The summed E-state index contributed by atoms with van der Waals surface area (Å²) >= 11 is 3.47. The lowest BCUT2D eigenvalue weighted by Crippen LogP contribution is -2.08. The average Bonchev–Trinajstić information content (AvgIpc) is 2.30. The molecule has 0 aliphatic heterocycles. The Bertz CT molecular complexity index is 339. The molecule has 0 fully saturated rings. The minimum atomic E-state index is 0.282. The van der Waals surface area contributed by atoms with E-state index < -0.39 is 0 Å². The van der Waals surface area contributed by atoms with Crippen LogP contribution >= 0.6 is 15.9 Å². The van der Waals surface area contributed by atoms with Gasteiger partial charge in [0, 0.05) is 10.9 Å². The number of hydrogen-bond acceptors (Lipinski definition) is 2. The maximum absolute atomic E-state index is 10.1. The van der Waals surface area contributed by atoms with Gasteiger partial charge in [0.05, 0.1) is 6.61 Å². The zero-order valence-corrected chi connectivity index (χ0v) is 11.6. The lowest BCUT2D eigenvalue weighted by atomic mass is 9.89. The second-order valence-corrected chi connectivity index (χ2v) is 4.69. The summed E-state index contributed by atoms with van der Waals surface area (Å²) in [5.74, 6) is 1.64. The molecule has 0 aromatic heterocycles. The first-order chi connectivity index (χ1) is 7.61. The fourth-order valence-electron chi connectivity index (χ4n) is 1.62. The number of alkyl halides is 1. The number of ether oxygens (including phenoxy) is 1. The van der Waals surface area contributed by atoms with Crippen LogP contribution in [0.5, 0.6) is 11.5 Å². The molecule has 1 rings (SSSR count). The topological polar surface area (TPSA) is 29.5 Å². The molecule has 1 aromatic rings. The van der Waals surface area contributed by atoms with Crippen LogP contribution in [0.1, 0.15) is 32.3 Å². The Balaban J connectivity index is 3.00. The maximum atomic E-state index is 10.1. The molecule has 1 aromatic carbocycles. The Kier molecular flexibility index (Phi) is 5.13. The Morgan fingerprint density at radius 3 is 2.62 bits per heavy atom. The molecule has 0 saturated heterocycles. The first-order valence-electron chi connectivity index (χ1n) is 5.62. The van der Waals surface area contributed by atoms with E-state index in [9.17, 15) is 5.11 Å². The first-order valence-corrected chi connectivity index (χ1v) is 6.74. The van der Waals surface area contributed by atoms with Gasteiger partial charge in [-0.2, -0.15) is 0 Å². The number of benzene rings is 1. The zero-order chi connectivity index (χ0) is 12.1. The van der Waals surface area contributed by atoms with E-state index in [1.807, 2.05) is 19.1 Å². The van der Waals surface area contributed by atoms with Crippen molar-refractivity contribution in [2.75, 3.05) is 11.9 Å². The number of phenolic OH excluding ortho intramolecular Hbond substituents is 1. The molecule has 0 saturated carbocycles. The highest BCUT2D eigenvalue weighted by Crippen LogP contribution is 2.37. The van der Waals surface area contributed by atoms with Gasteiger partial charge in [0.2, 0.25) is 0 Å². The number of hydrogen-bond donors (Lipinski definition) is 1. The molecule has 3 heteroatoms. The summed E-state index contributed by atoms with van der Waals surface area (Å²) < 4.78 is 5.38. The molecule has 2 unspecified atom stereocenters. The summed E-state index contributed by atoms with van der Waals surface area (Å²) in [6.07, 6.45) is 0. The molecule has 0 aliphatic carbocycles. The summed E-state index contributed by atoms with van der Waals surface area (Å²) in [4.78, 5) is 0. The zero-order valence-electron chi connectivity index (χ0n) is 10.0. The van der Waals surface area contributed by atoms with Crippen LogP contribution in [-0.2, 0) is 0 Å². The Morgan fingerprint density at radius 1 is 1.38 bits per heavy atom. The third-order valence-electron chi connectivity index (χ3n) is 2.92. The summed E-state index contributed by atoms with van der Waals surface area (Å²) in [6.45, 7) is 6.76. The molecule has 0 bridgehead atoms.